The van der Waals surface area contributed by atoms with Gasteiger partial charge in [0.2, 0.25) is 0 Å². The summed E-state index contributed by atoms with van der Waals surface area (Å²) in [5.41, 5.74) is 5.24. The molecule has 0 atom stereocenters. The second kappa shape index (κ2) is 10.5. The van der Waals surface area contributed by atoms with Crippen LogP contribution in [-0.2, 0) is 0 Å². The lowest BCUT2D eigenvalue weighted by Crippen LogP contribution is -2.01. The van der Waals surface area contributed by atoms with Crippen LogP contribution in [0.1, 0.15) is 0 Å². The van der Waals surface area contributed by atoms with Crippen molar-refractivity contribution in [2.75, 3.05) is 0 Å². The van der Waals surface area contributed by atoms with Gasteiger partial charge < -0.3 is 0 Å². The first kappa shape index (κ1) is 25.8. The van der Waals surface area contributed by atoms with Crippen molar-refractivity contribution >= 4 is 53.1 Å². The number of hydrogen-bond donors (Lipinski definition) is 0. The van der Waals surface area contributed by atoms with Crippen LogP contribution in [0.15, 0.2) is 152 Å². The second-order valence-corrected chi connectivity index (χ2v) is 12.3. The molecule has 0 N–H and O–H groups in total. The molecule has 0 saturated heterocycles. The molecule has 9 rings (SSSR count). The Labute approximate surface area is 264 Å². The Bertz CT molecular complexity index is 2550. The summed E-state index contributed by atoms with van der Waals surface area (Å²) in [5, 5.41) is 7.09. The topological polar surface area (TPSA) is 38.7 Å². The Morgan fingerprint density at radius 2 is 0.956 bits per heavy atom. The molecule has 0 bridgehead atoms. The molecule has 0 radical (unpaired) electrons. The van der Waals surface area contributed by atoms with Crippen LogP contribution >= 0.6 is 11.3 Å². The van der Waals surface area contributed by atoms with Gasteiger partial charge in [-0.15, -0.1) is 11.3 Å². The average molecular weight is 592 g/mol. The summed E-state index contributed by atoms with van der Waals surface area (Å²) < 4.78 is 2.48. The predicted octanol–water partition coefficient (Wildman–Crippen LogP) is 11.2. The van der Waals surface area contributed by atoms with Gasteiger partial charge in [-0.05, 0) is 56.9 Å². The van der Waals surface area contributed by atoms with Gasteiger partial charge in [0.15, 0.2) is 17.5 Å². The Balaban J connectivity index is 1.34. The summed E-state index contributed by atoms with van der Waals surface area (Å²) in [6.07, 6.45) is 0. The molecule has 0 aliphatic heterocycles. The lowest BCUT2D eigenvalue weighted by atomic mass is 9.96. The Morgan fingerprint density at radius 3 is 1.82 bits per heavy atom. The zero-order chi connectivity index (χ0) is 29.7. The SMILES string of the molecule is c1ccc(-c2cccc(-c3nc(-c4cc5ccccc5c5ccccc45)nc(-c4cccc5sc6ccccc6c45)n3)c2)cc1. The first-order valence-electron chi connectivity index (χ1n) is 15.0. The fourth-order valence-corrected chi connectivity index (χ4v) is 7.55. The molecule has 9 aromatic rings. The highest BCUT2D eigenvalue weighted by molar-refractivity contribution is 7.25. The molecule has 3 nitrogen and oxygen atoms in total. The lowest BCUT2D eigenvalue weighted by Gasteiger charge is -2.13. The van der Waals surface area contributed by atoms with E-state index in [0.29, 0.717) is 17.5 Å². The van der Waals surface area contributed by atoms with E-state index in [1.165, 1.54) is 30.9 Å². The maximum Gasteiger partial charge on any atom is 0.164 e. The summed E-state index contributed by atoms with van der Waals surface area (Å²) in [6.45, 7) is 0. The van der Waals surface area contributed by atoms with Crippen LogP contribution in [0.5, 0.6) is 0 Å². The number of fused-ring (bicyclic) bond motifs is 6. The molecular formula is C41H25N3S. The molecule has 0 aliphatic carbocycles. The monoisotopic (exact) mass is 591 g/mol. The molecule has 0 unspecified atom stereocenters. The maximum atomic E-state index is 5.26. The quantitative estimate of drug-likeness (QED) is 0.191. The van der Waals surface area contributed by atoms with Gasteiger partial charge in [0, 0.05) is 36.9 Å². The van der Waals surface area contributed by atoms with Crippen LogP contribution in [0.2, 0.25) is 0 Å². The predicted molar refractivity (Wildman–Crippen MR) is 189 cm³/mol. The van der Waals surface area contributed by atoms with Gasteiger partial charge in [0.05, 0.1) is 0 Å². The Hall–Kier alpha value is -5.71. The van der Waals surface area contributed by atoms with E-state index in [0.717, 1.165) is 38.6 Å². The minimum Gasteiger partial charge on any atom is -0.208 e. The van der Waals surface area contributed by atoms with Crippen molar-refractivity contribution in [3.63, 3.8) is 0 Å². The number of benzene rings is 7. The molecule has 45 heavy (non-hydrogen) atoms. The van der Waals surface area contributed by atoms with Gasteiger partial charge in [-0.2, -0.15) is 0 Å². The second-order valence-electron chi connectivity index (χ2n) is 11.2. The molecule has 0 spiro atoms. The normalized spacial score (nSPS) is 11.6. The molecule has 0 amide bonds. The summed E-state index contributed by atoms with van der Waals surface area (Å²) in [4.78, 5) is 15.7. The van der Waals surface area contributed by atoms with Crippen LogP contribution < -0.4 is 0 Å². The molecule has 210 valence electrons. The molecule has 0 aliphatic rings. The molecule has 0 fully saturated rings. The van der Waals surface area contributed by atoms with Crippen LogP contribution in [0.4, 0.5) is 0 Å². The third-order valence-corrected chi connectivity index (χ3v) is 9.65. The van der Waals surface area contributed by atoms with Crippen LogP contribution in [0.3, 0.4) is 0 Å². The Morgan fingerprint density at radius 1 is 0.356 bits per heavy atom. The number of aromatic nitrogens is 3. The highest BCUT2D eigenvalue weighted by Crippen LogP contribution is 2.40. The van der Waals surface area contributed by atoms with Crippen LogP contribution in [0, 0.1) is 0 Å². The van der Waals surface area contributed by atoms with Gasteiger partial charge in [-0.25, -0.2) is 15.0 Å². The van der Waals surface area contributed by atoms with E-state index in [1.54, 1.807) is 11.3 Å². The van der Waals surface area contributed by atoms with Gasteiger partial charge in [-0.1, -0.05) is 127 Å². The van der Waals surface area contributed by atoms with Crippen LogP contribution in [-0.4, -0.2) is 15.0 Å². The first-order valence-corrected chi connectivity index (χ1v) is 15.9. The van der Waals surface area contributed by atoms with Crippen molar-refractivity contribution < 1.29 is 0 Å². The van der Waals surface area contributed by atoms with Crippen molar-refractivity contribution in [2.45, 2.75) is 0 Å². The van der Waals surface area contributed by atoms with E-state index in [1.807, 2.05) is 6.07 Å². The molecular weight excluding hydrogens is 567 g/mol. The van der Waals surface area contributed by atoms with Gasteiger partial charge >= 0.3 is 0 Å². The van der Waals surface area contributed by atoms with Gasteiger partial charge in [0.25, 0.3) is 0 Å². The van der Waals surface area contributed by atoms with E-state index < -0.39 is 0 Å². The minimum absolute atomic E-state index is 0.654. The zero-order valence-corrected chi connectivity index (χ0v) is 25.0. The lowest BCUT2D eigenvalue weighted by molar-refractivity contribution is 1.08. The van der Waals surface area contributed by atoms with Crippen LogP contribution in [0.25, 0.3) is 87.0 Å². The zero-order valence-electron chi connectivity index (χ0n) is 24.2. The third kappa shape index (κ3) is 4.38. The molecule has 4 heteroatoms. The third-order valence-electron chi connectivity index (χ3n) is 8.52. The van der Waals surface area contributed by atoms with Crippen molar-refractivity contribution in [1.82, 2.24) is 15.0 Å². The highest BCUT2D eigenvalue weighted by Gasteiger charge is 2.19. The number of rotatable bonds is 4. The number of hydrogen-bond acceptors (Lipinski definition) is 4. The van der Waals surface area contributed by atoms with E-state index >= 15 is 0 Å². The van der Waals surface area contributed by atoms with Crippen molar-refractivity contribution in [1.29, 1.82) is 0 Å². The molecule has 0 saturated carbocycles. The summed E-state index contributed by atoms with van der Waals surface area (Å²) in [6, 6.07) is 53.2. The summed E-state index contributed by atoms with van der Waals surface area (Å²) >= 11 is 1.80. The Kier molecular flexibility index (Phi) is 6.00. The fourth-order valence-electron chi connectivity index (χ4n) is 6.41. The van der Waals surface area contributed by atoms with Gasteiger partial charge in [0.1, 0.15) is 0 Å². The first-order chi connectivity index (χ1) is 22.3. The van der Waals surface area contributed by atoms with Crippen molar-refractivity contribution in [3.8, 4) is 45.3 Å². The summed E-state index contributed by atoms with van der Waals surface area (Å²) in [5.74, 6) is 1.99. The van der Waals surface area contributed by atoms with Gasteiger partial charge in [-0.3, -0.25) is 0 Å². The molecule has 2 heterocycles. The molecule has 2 aromatic heterocycles. The summed E-state index contributed by atoms with van der Waals surface area (Å²) in [7, 11) is 0. The van der Waals surface area contributed by atoms with E-state index in [2.05, 4.69) is 146 Å². The van der Waals surface area contributed by atoms with E-state index in [9.17, 15) is 0 Å². The standard InChI is InChI=1S/C41H25N3S/c1-2-12-26(13-3-1)27-15-10-16-29(24-27)39-42-40(34-21-11-23-37-38(34)33-20-8-9-22-36(33)45-37)44-41(43-39)35-25-28-14-4-5-17-30(28)31-18-6-7-19-32(31)35/h1-25H. The smallest absolute Gasteiger partial charge is 0.164 e. The largest absolute Gasteiger partial charge is 0.208 e. The van der Waals surface area contributed by atoms with E-state index in [4.69, 9.17) is 15.0 Å². The molecule has 7 aromatic carbocycles. The number of thiophene rings is 1. The van der Waals surface area contributed by atoms with E-state index in [-0.39, 0.29) is 0 Å². The number of nitrogens with zero attached hydrogens (tertiary/aromatic N) is 3. The minimum atomic E-state index is 0.654. The van der Waals surface area contributed by atoms with Crippen molar-refractivity contribution in [3.05, 3.63) is 152 Å². The fraction of sp³-hybridized carbons (Fsp3) is 0. The average Bonchev–Trinajstić information content (AvgIpc) is 3.50. The highest BCUT2D eigenvalue weighted by atomic mass is 32.1. The van der Waals surface area contributed by atoms with Crippen molar-refractivity contribution in [2.24, 2.45) is 0 Å². The maximum absolute atomic E-state index is 5.26.